The molecular weight excluding hydrogens is 857 g/mol. The number of hydrogen-bond acceptors (Lipinski definition) is 9. The maximum absolute atomic E-state index is 15.5. The Balaban J connectivity index is 1.03. The van der Waals surface area contributed by atoms with Crippen LogP contribution in [0.5, 0.6) is 17.2 Å². The Morgan fingerprint density at radius 1 is 0.750 bits per heavy atom. The van der Waals surface area contributed by atoms with Crippen molar-refractivity contribution in [2.24, 2.45) is 0 Å². The van der Waals surface area contributed by atoms with E-state index in [1.165, 1.54) is 5.56 Å². The summed E-state index contributed by atoms with van der Waals surface area (Å²) in [6.45, 7) is 11.0. The minimum Gasteiger partial charge on any atom is -0.489 e. The first kappa shape index (κ1) is 44.9. The Bertz CT molecular complexity index is 2810. The van der Waals surface area contributed by atoms with E-state index in [1.807, 2.05) is 117 Å². The first-order valence-corrected chi connectivity index (χ1v) is 23.8. The predicted molar refractivity (Wildman–Crippen MR) is 259 cm³/mol. The second-order valence-corrected chi connectivity index (χ2v) is 19.1. The van der Waals surface area contributed by atoms with Crippen molar-refractivity contribution in [2.75, 3.05) is 44.5 Å². The van der Waals surface area contributed by atoms with Gasteiger partial charge in [-0.05, 0) is 123 Å². The smallest absolute Gasteiger partial charge is 0.338 e. The number of hydrogen-bond donors (Lipinski definition) is 0. The van der Waals surface area contributed by atoms with Crippen molar-refractivity contribution in [2.45, 2.75) is 84.3 Å². The number of morpholine rings is 1. The Kier molecular flexibility index (Phi) is 12.8. The molecule has 5 aromatic carbocycles. The van der Waals surface area contributed by atoms with Crippen LogP contribution in [0, 0.1) is 0 Å². The second-order valence-electron chi connectivity index (χ2n) is 19.1. The highest BCUT2D eigenvalue weighted by molar-refractivity contribution is 6.09. The van der Waals surface area contributed by atoms with Crippen molar-refractivity contribution in [3.8, 4) is 28.5 Å². The maximum Gasteiger partial charge on any atom is 0.338 e. The highest BCUT2D eigenvalue weighted by atomic mass is 16.7. The van der Waals surface area contributed by atoms with Gasteiger partial charge in [0.2, 0.25) is 6.79 Å². The molecule has 12 heteroatoms. The van der Waals surface area contributed by atoms with Gasteiger partial charge in [0.25, 0.3) is 11.8 Å². The number of anilines is 1. The summed E-state index contributed by atoms with van der Waals surface area (Å²) in [5.74, 6) is 1.03. The van der Waals surface area contributed by atoms with Crippen LogP contribution in [0.3, 0.4) is 0 Å². The molecule has 1 aromatic heterocycles. The zero-order valence-electron chi connectivity index (χ0n) is 39.1. The van der Waals surface area contributed by atoms with E-state index in [1.54, 1.807) is 17.0 Å². The number of rotatable bonds is 12. The van der Waals surface area contributed by atoms with E-state index in [-0.39, 0.29) is 31.2 Å². The van der Waals surface area contributed by atoms with Gasteiger partial charge in [0.05, 0.1) is 36.4 Å². The van der Waals surface area contributed by atoms with Crippen molar-refractivity contribution >= 4 is 23.5 Å². The molecule has 2 amide bonds. The zero-order valence-corrected chi connectivity index (χ0v) is 39.1. The molecule has 1 fully saturated rings. The molecule has 0 N–H and O–H groups in total. The van der Waals surface area contributed by atoms with Crippen molar-refractivity contribution in [3.63, 3.8) is 0 Å². The van der Waals surface area contributed by atoms with E-state index in [9.17, 15) is 4.79 Å². The van der Waals surface area contributed by atoms with Gasteiger partial charge in [-0.15, -0.1) is 0 Å². The van der Waals surface area contributed by atoms with Gasteiger partial charge in [-0.25, -0.2) is 4.79 Å². The van der Waals surface area contributed by atoms with Crippen LogP contribution in [0.1, 0.15) is 92.6 Å². The largest absolute Gasteiger partial charge is 0.489 e. The van der Waals surface area contributed by atoms with Crippen LogP contribution in [0.15, 0.2) is 121 Å². The van der Waals surface area contributed by atoms with Gasteiger partial charge in [-0.1, -0.05) is 66.7 Å². The van der Waals surface area contributed by atoms with Crippen LogP contribution in [0.4, 0.5) is 5.69 Å². The number of esters is 1. The molecular formula is C56H58N4O8. The van der Waals surface area contributed by atoms with E-state index >= 15 is 9.59 Å². The molecule has 4 aliphatic heterocycles. The fourth-order valence-electron chi connectivity index (χ4n) is 9.85. The monoisotopic (exact) mass is 914 g/mol. The molecule has 12 nitrogen and oxygen atoms in total. The SMILES string of the molecule is CC(C)(C)OC(=O)c1cccc(CN(C(=O)c2cc(-c3cc4c(cc3C(=O)N3Cc5ccccc5C[C@@H]3CN3CCOCC3)OCO4)n3c2CCCC3)c2ccc(OCc3ccccc3)cc2)c1. The van der Waals surface area contributed by atoms with Gasteiger partial charge in [-0.2, -0.15) is 0 Å². The first-order chi connectivity index (χ1) is 33.0. The number of carbonyl (C=O) groups is 3. The van der Waals surface area contributed by atoms with Crippen LogP contribution in [0.2, 0.25) is 0 Å². The molecule has 350 valence electrons. The molecule has 1 saturated heterocycles. The zero-order chi connectivity index (χ0) is 46.8. The van der Waals surface area contributed by atoms with Crippen LogP contribution >= 0.6 is 0 Å². The summed E-state index contributed by atoms with van der Waals surface area (Å²) in [4.78, 5) is 50.4. The number of benzene rings is 5. The molecule has 1 atom stereocenters. The standard InChI is InChI=1S/C56H58N4O8/c1-56(2,3)68-55(63)41-17-11-14-39(28-41)33-59(43-19-21-45(22-20-43)65-36-38-12-5-4-6-13-38)54(62)48-30-50(58-23-10-9-18-49(48)58)46-31-51-52(67-37-66-51)32-47(46)53(61)60-34-42-16-8-7-15-40(42)29-44(60)35-57-24-26-64-27-25-57/h4-8,11-17,19-22,28,30-32,44H,9-10,18,23-27,29,33-37H2,1-3H3/t44-/m1/s1. The number of fused-ring (bicyclic) bond motifs is 3. The Morgan fingerprint density at radius 3 is 2.26 bits per heavy atom. The molecule has 0 spiro atoms. The lowest BCUT2D eigenvalue weighted by Gasteiger charge is -2.40. The molecule has 4 aliphatic rings. The third kappa shape index (κ3) is 9.75. The number of ether oxygens (including phenoxy) is 5. The van der Waals surface area contributed by atoms with Crippen LogP contribution in [-0.2, 0) is 48.6 Å². The van der Waals surface area contributed by atoms with Crippen LogP contribution in [-0.4, -0.2) is 83.4 Å². The van der Waals surface area contributed by atoms with Gasteiger partial charge in [0, 0.05) is 61.4 Å². The normalized spacial score (nSPS) is 16.7. The van der Waals surface area contributed by atoms with Gasteiger partial charge >= 0.3 is 5.97 Å². The van der Waals surface area contributed by atoms with Gasteiger partial charge in [0.1, 0.15) is 18.0 Å². The molecule has 0 saturated carbocycles. The minimum atomic E-state index is -0.669. The predicted octanol–water partition coefficient (Wildman–Crippen LogP) is 9.50. The summed E-state index contributed by atoms with van der Waals surface area (Å²) in [5, 5.41) is 0. The fraction of sp³-hybridized carbons (Fsp3) is 0.339. The van der Waals surface area contributed by atoms with Crippen molar-refractivity contribution in [1.82, 2.24) is 14.4 Å². The van der Waals surface area contributed by atoms with E-state index in [0.29, 0.717) is 84.5 Å². The Hall–Kier alpha value is -6.89. The molecule has 0 unspecified atom stereocenters. The molecule has 10 rings (SSSR count). The average molecular weight is 915 g/mol. The lowest BCUT2D eigenvalue weighted by molar-refractivity contribution is 0.00688. The summed E-state index contributed by atoms with van der Waals surface area (Å²) in [6, 6.07) is 38.9. The van der Waals surface area contributed by atoms with Gasteiger partial charge in [0.15, 0.2) is 11.5 Å². The van der Waals surface area contributed by atoms with E-state index < -0.39 is 11.6 Å². The summed E-state index contributed by atoms with van der Waals surface area (Å²) in [6.07, 6.45) is 3.27. The lowest BCUT2D eigenvalue weighted by Crippen LogP contribution is -2.52. The second kappa shape index (κ2) is 19.4. The Morgan fingerprint density at radius 2 is 1.49 bits per heavy atom. The number of carbonyl (C=O) groups excluding carboxylic acids is 3. The molecule has 68 heavy (non-hydrogen) atoms. The van der Waals surface area contributed by atoms with Crippen LogP contribution < -0.4 is 19.1 Å². The third-order valence-electron chi connectivity index (χ3n) is 13.2. The van der Waals surface area contributed by atoms with Gasteiger partial charge in [-0.3, -0.25) is 14.5 Å². The molecule has 5 heterocycles. The summed E-state index contributed by atoms with van der Waals surface area (Å²) >= 11 is 0. The number of amides is 2. The molecule has 0 bridgehead atoms. The molecule has 6 aromatic rings. The van der Waals surface area contributed by atoms with E-state index in [4.69, 9.17) is 23.7 Å². The van der Waals surface area contributed by atoms with Crippen molar-refractivity contribution < 1.29 is 38.1 Å². The maximum atomic E-state index is 15.5. The summed E-state index contributed by atoms with van der Waals surface area (Å²) in [7, 11) is 0. The lowest BCUT2D eigenvalue weighted by atomic mass is 9.92. The average Bonchev–Trinajstić information content (AvgIpc) is 3.99. The highest BCUT2D eigenvalue weighted by Gasteiger charge is 2.36. The summed E-state index contributed by atoms with van der Waals surface area (Å²) in [5.41, 5.74) is 8.07. The Labute approximate surface area is 397 Å². The van der Waals surface area contributed by atoms with Crippen LogP contribution in [0.25, 0.3) is 11.3 Å². The highest BCUT2D eigenvalue weighted by Crippen LogP contribution is 2.43. The van der Waals surface area contributed by atoms with Gasteiger partial charge < -0.3 is 38.1 Å². The van der Waals surface area contributed by atoms with E-state index in [2.05, 4.69) is 27.7 Å². The number of nitrogens with zero attached hydrogens (tertiary/aromatic N) is 4. The van der Waals surface area contributed by atoms with Crippen molar-refractivity contribution in [1.29, 1.82) is 0 Å². The topological polar surface area (TPSA) is 112 Å². The van der Waals surface area contributed by atoms with E-state index in [0.717, 1.165) is 67.0 Å². The molecule has 0 aliphatic carbocycles. The molecule has 0 radical (unpaired) electrons. The number of aromatic nitrogens is 1. The quantitative estimate of drug-likeness (QED) is 0.111. The minimum absolute atomic E-state index is 0.0549. The third-order valence-corrected chi connectivity index (χ3v) is 13.2. The summed E-state index contributed by atoms with van der Waals surface area (Å²) < 4.78 is 31.7. The first-order valence-electron chi connectivity index (χ1n) is 23.8. The van der Waals surface area contributed by atoms with Crippen molar-refractivity contribution in [3.05, 3.63) is 166 Å². The fourth-order valence-corrected chi connectivity index (χ4v) is 9.85.